The second-order valence-corrected chi connectivity index (χ2v) is 6.23. The van der Waals surface area contributed by atoms with Gasteiger partial charge < -0.3 is 10.1 Å². The van der Waals surface area contributed by atoms with E-state index in [1.54, 1.807) is 35.0 Å². The Hall–Kier alpha value is -3.95. The lowest BCUT2D eigenvalue weighted by molar-refractivity contribution is -0.141. The number of pyridine rings is 3. The van der Waals surface area contributed by atoms with E-state index in [2.05, 4.69) is 20.4 Å². The van der Waals surface area contributed by atoms with Crippen molar-refractivity contribution in [2.75, 3.05) is 12.4 Å². The van der Waals surface area contributed by atoms with Crippen LogP contribution in [-0.4, -0.2) is 32.6 Å². The fourth-order valence-electron chi connectivity index (χ4n) is 2.95. The fraction of sp³-hybridized carbons (Fsp3) is 0.100. The van der Waals surface area contributed by atoms with Gasteiger partial charge in [-0.3, -0.25) is 9.78 Å². The quantitative estimate of drug-likeness (QED) is 0.546. The smallest absolute Gasteiger partial charge is 0.433 e. The number of anilines is 1. The van der Waals surface area contributed by atoms with Gasteiger partial charge in [-0.25, -0.2) is 9.50 Å². The summed E-state index contributed by atoms with van der Waals surface area (Å²) in [5.74, 6) is -0.165. The maximum absolute atomic E-state index is 12.8. The predicted octanol–water partition coefficient (Wildman–Crippen LogP) is 4.07. The van der Waals surface area contributed by atoms with Gasteiger partial charge in [-0.15, -0.1) is 0 Å². The van der Waals surface area contributed by atoms with Gasteiger partial charge in [0.05, 0.1) is 30.1 Å². The molecule has 0 aliphatic rings. The van der Waals surface area contributed by atoms with Crippen molar-refractivity contribution < 1.29 is 22.7 Å². The van der Waals surface area contributed by atoms with Crippen LogP contribution in [0.3, 0.4) is 0 Å². The van der Waals surface area contributed by atoms with E-state index in [4.69, 9.17) is 4.74 Å². The summed E-state index contributed by atoms with van der Waals surface area (Å²) < 4.78 is 45.2. The summed E-state index contributed by atoms with van der Waals surface area (Å²) in [6, 6.07) is 10.8. The average molecular weight is 413 g/mol. The summed E-state index contributed by atoms with van der Waals surface area (Å²) in [5, 5.41) is 6.74. The van der Waals surface area contributed by atoms with Crippen molar-refractivity contribution >= 4 is 17.1 Å². The topological polar surface area (TPSA) is 81.4 Å². The first kappa shape index (κ1) is 19.4. The van der Waals surface area contributed by atoms with Crippen molar-refractivity contribution in [1.29, 1.82) is 0 Å². The van der Waals surface area contributed by atoms with Crippen molar-refractivity contribution in [2.24, 2.45) is 0 Å². The molecule has 10 heteroatoms. The molecule has 4 heterocycles. The van der Waals surface area contributed by atoms with Crippen LogP contribution in [0.15, 0.2) is 61.1 Å². The Labute approximate surface area is 168 Å². The highest BCUT2D eigenvalue weighted by Gasteiger charge is 2.32. The van der Waals surface area contributed by atoms with Crippen LogP contribution in [-0.2, 0) is 6.18 Å². The van der Waals surface area contributed by atoms with Crippen molar-refractivity contribution in [3.8, 4) is 17.1 Å². The number of rotatable bonds is 4. The number of halogens is 3. The zero-order chi connectivity index (χ0) is 21.3. The standard InChI is InChI=1S/C20H14F3N5O2/c1-30-18-9-12(5-7-25-18)15-3-2-4-16-14(11-26-28(15)16)19(29)27-13-6-8-24-17(10-13)20(21,22)23/h2-11H,1H3,(H,24,27,29). The van der Waals surface area contributed by atoms with Crippen LogP contribution in [0.25, 0.3) is 16.8 Å². The Morgan fingerprint density at radius 2 is 1.90 bits per heavy atom. The van der Waals surface area contributed by atoms with Crippen molar-refractivity contribution in [3.63, 3.8) is 0 Å². The highest BCUT2D eigenvalue weighted by atomic mass is 19.4. The Balaban J connectivity index is 1.68. The summed E-state index contributed by atoms with van der Waals surface area (Å²) in [6.07, 6.45) is -0.667. The minimum atomic E-state index is -4.61. The Bertz CT molecular complexity index is 1240. The minimum absolute atomic E-state index is 0.0169. The maximum Gasteiger partial charge on any atom is 0.433 e. The first-order valence-corrected chi connectivity index (χ1v) is 8.68. The normalized spacial score (nSPS) is 11.5. The molecule has 7 nitrogen and oxygen atoms in total. The maximum atomic E-state index is 12.8. The molecule has 4 aromatic rings. The molecule has 0 unspecified atom stereocenters. The lowest BCUT2D eigenvalue weighted by atomic mass is 10.1. The molecule has 4 rings (SSSR count). The van der Waals surface area contributed by atoms with Crippen molar-refractivity contribution in [2.45, 2.75) is 6.18 Å². The number of nitrogens with one attached hydrogen (secondary N) is 1. The number of fused-ring (bicyclic) bond motifs is 1. The number of ether oxygens (including phenoxy) is 1. The molecule has 1 N–H and O–H groups in total. The van der Waals surface area contributed by atoms with Gasteiger partial charge in [-0.05, 0) is 30.3 Å². The summed E-state index contributed by atoms with van der Waals surface area (Å²) in [6.45, 7) is 0. The first-order chi connectivity index (χ1) is 14.4. The zero-order valence-electron chi connectivity index (χ0n) is 15.5. The third-order valence-corrected chi connectivity index (χ3v) is 4.34. The van der Waals surface area contributed by atoms with Gasteiger partial charge in [0.25, 0.3) is 5.91 Å². The van der Waals surface area contributed by atoms with Gasteiger partial charge in [0.15, 0.2) is 0 Å². The molecule has 0 aromatic carbocycles. The van der Waals surface area contributed by atoms with Crippen molar-refractivity contribution in [3.05, 3.63) is 72.3 Å². The minimum Gasteiger partial charge on any atom is -0.481 e. The van der Waals surface area contributed by atoms with Gasteiger partial charge in [0.1, 0.15) is 5.69 Å². The monoisotopic (exact) mass is 413 g/mol. The van der Waals surface area contributed by atoms with E-state index in [0.717, 1.165) is 17.8 Å². The van der Waals surface area contributed by atoms with Crippen LogP contribution in [0.2, 0.25) is 0 Å². The van der Waals surface area contributed by atoms with Gasteiger partial charge in [-0.1, -0.05) is 6.07 Å². The predicted molar refractivity (Wildman–Crippen MR) is 102 cm³/mol. The molecular formula is C20H14F3N5O2. The number of hydrogen-bond acceptors (Lipinski definition) is 5. The Morgan fingerprint density at radius 3 is 2.67 bits per heavy atom. The van der Waals surface area contributed by atoms with E-state index in [9.17, 15) is 18.0 Å². The molecule has 0 aliphatic heterocycles. The lowest BCUT2D eigenvalue weighted by Gasteiger charge is -2.09. The molecule has 152 valence electrons. The molecule has 0 aliphatic carbocycles. The van der Waals surface area contributed by atoms with E-state index in [-0.39, 0.29) is 11.3 Å². The molecular weight excluding hydrogens is 399 g/mol. The number of carbonyl (C=O) groups excluding carboxylic acids is 1. The van der Waals surface area contributed by atoms with Gasteiger partial charge >= 0.3 is 6.18 Å². The molecule has 0 saturated carbocycles. The lowest BCUT2D eigenvalue weighted by Crippen LogP contribution is -2.14. The number of aromatic nitrogens is 4. The van der Waals surface area contributed by atoms with Crippen LogP contribution in [0.4, 0.5) is 18.9 Å². The zero-order valence-corrected chi connectivity index (χ0v) is 15.5. The Kier molecular flexibility index (Phi) is 4.82. The molecule has 0 bridgehead atoms. The van der Waals surface area contributed by atoms with Gasteiger partial charge in [0, 0.05) is 29.7 Å². The molecule has 30 heavy (non-hydrogen) atoms. The van der Waals surface area contributed by atoms with E-state index in [1.165, 1.54) is 19.4 Å². The van der Waals surface area contributed by atoms with E-state index in [0.29, 0.717) is 17.1 Å². The van der Waals surface area contributed by atoms with Crippen LogP contribution >= 0.6 is 0 Å². The second kappa shape index (κ2) is 7.47. The van der Waals surface area contributed by atoms with Gasteiger partial charge in [0.2, 0.25) is 5.88 Å². The number of alkyl halides is 3. The Morgan fingerprint density at radius 1 is 1.10 bits per heavy atom. The molecule has 4 aromatic heterocycles. The summed E-state index contributed by atoms with van der Waals surface area (Å²) in [7, 11) is 1.51. The summed E-state index contributed by atoms with van der Waals surface area (Å²) in [5.41, 5.74) is 1.06. The van der Waals surface area contributed by atoms with Gasteiger partial charge in [-0.2, -0.15) is 18.3 Å². The molecule has 0 saturated heterocycles. The van der Waals surface area contributed by atoms with Crippen LogP contribution in [0.1, 0.15) is 16.1 Å². The highest BCUT2D eigenvalue weighted by molar-refractivity contribution is 6.09. The van der Waals surface area contributed by atoms with E-state index < -0.39 is 17.8 Å². The largest absolute Gasteiger partial charge is 0.481 e. The second-order valence-electron chi connectivity index (χ2n) is 6.23. The number of amides is 1. The number of methoxy groups -OCH3 is 1. The van der Waals surface area contributed by atoms with Crippen LogP contribution < -0.4 is 10.1 Å². The van der Waals surface area contributed by atoms with Crippen LogP contribution in [0.5, 0.6) is 5.88 Å². The SMILES string of the molecule is COc1cc(-c2cccc3c(C(=O)Nc4ccnc(C(F)(F)F)c4)cnn23)ccn1. The third kappa shape index (κ3) is 3.66. The highest BCUT2D eigenvalue weighted by Crippen LogP contribution is 2.29. The first-order valence-electron chi connectivity index (χ1n) is 8.68. The number of carbonyl (C=O) groups is 1. The number of hydrogen-bond donors (Lipinski definition) is 1. The van der Waals surface area contributed by atoms with E-state index >= 15 is 0 Å². The number of nitrogens with zero attached hydrogens (tertiary/aromatic N) is 4. The molecule has 0 atom stereocenters. The third-order valence-electron chi connectivity index (χ3n) is 4.34. The molecule has 1 amide bonds. The van der Waals surface area contributed by atoms with Crippen molar-refractivity contribution in [1.82, 2.24) is 19.6 Å². The molecule has 0 fully saturated rings. The summed E-state index contributed by atoms with van der Waals surface area (Å²) in [4.78, 5) is 20.1. The fourth-order valence-corrected chi connectivity index (χ4v) is 2.95. The van der Waals surface area contributed by atoms with Crippen LogP contribution in [0, 0.1) is 0 Å². The average Bonchev–Trinajstić information content (AvgIpc) is 3.18. The molecule has 0 radical (unpaired) electrons. The summed E-state index contributed by atoms with van der Waals surface area (Å²) >= 11 is 0. The van der Waals surface area contributed by atoms with E-state index in [1.807, 2.05) is 6.07 Å². The molecule has 0 spiro atoms.